The summed E-state index contributed by atoms with van der Waals surface area (Å²) in [4.78, 5) is 4.90. The van der Waals surface area contributed by atoms with Gasteiger partial charge in [-0.25, -0.2) is 0 Å². The average Bonchev–Trinajstić information content (AvgIpc) is 3.45. The lowest BCUT2D eigenvalue weighted by Gasteiger charge is -2.27. The highest BCUT2D eigenvalue weighted by Gasteiger charge is 2.29. The smallest absolute Gasteiger partial charge is 0.102 e. The lowest BCUT2D eigenvalue weighted by Crippen LogP contribution is -2.10. The van der Waals surface area contributed by atoms with E-state index in [9.17, 15) is 0 Å². The molecular formula is C40H26N2S. The lowest BCUT2D eigenvalue weighted by atomic mass is 9.95. The first-order chi connectivity index (χ1) is 21.4. The van der Waals surface area contributed by atoms with E-state index in [0.29, 0.717) is 0 Å². The Labute approximate surface area is 255 Å². The van der Waals surface area contributed by atoms with Gasteiger partial charge in [0.1, 0.15) is 10.0 Å². The molecule has 2 nitrogen and oxygen atoms in total. The van der Waals surface area contributed by atoms with Crippen LogP contribution in [0.3, 0.4) is 0 Å². The minimum Gasteiger partial charge on any atom is -0.301 e. The standard InChI is InChI=1S/C40H26N2S/c1-2-14-28-27(13-1)31-17-5-9-21-35(31)41(36-22-10-6-18-32(28)36)39-25-26-40(43-39)42-37-23-11-7-19-33(37)29-15-3-4-16-30(29)34-20-8-12-24-38(34)42/h1-26H. The van der Waals surface area contributed by atoms with Crippen molar-refractivity contribution < 1.29 is 0 Å². The molecule has 0 N–H and O–H groups in total. The molecule has 3 heterocycles. The predicted molar refractivity (Wildman–Crippen MR) is 183 cm³/mol. The van der Waals surface area contributed by atoms with Crippen molar-refractivity contribution in [2.45, 2.75) is 0 Å². The van der Waals surface area contributed by atoms with Crippen molar-refractivity contribution in [1.29, 1.82) is 0 Å². The third-order valence-corrected chi connectivity index (χ3v) is 9.67. The molecule has 2 aliphatic heterocycles. The van der Waals surface area contributed by atoms with E-state index in [4.69, 9.17) is 0 Å². The maximum Gasteiger partial charge on any atom is 0.102 e. The summed E-state index contributed by atoms with van der Waals surface area (Å²) < 4.78 is 0. The zero-order valence-corrected chi connectivity index (χ0v) is 24.1. The molecule has 0 amide bonds. The second-order valence-electron chi connectivity index (χ2n) is 10.9. The van der Waals surface area contributed by atoms with Crippen LogP contribution in [-0.4, -0.2) is 0 Å². The lowest BCUT2D eigenvalue weighted by molar-refractivity contribution is 1.33. The highest BCUT2D eigenvalue weighted by Crippen LogP contribution is 2.55. The van der Waals surface area contributed by atoms with Crippen molar-refractivity contribution in [3.63, 3.8) is 0 Å². The number of para-hydroxylation sites is 4. The third-order valence-electron chi connectivity index (χ3n) is 8.61. The van der Waals surface area contributed by atoms with Crippen LogP contribution in [0.4, 0.5) is 32.8 Å². The number of nitrogens with zero attached hydrogens (tertiary/aromatic N) is 2. The van der Waals surface area contributed by atoms with E-state index in [1.165, 1.54) is 77.3 Å². The summed E-state index contributed by atoms with van der Waals surface area (Å²) in [6.07, 6.45) is 0. The zero-order valence-electron chi connectivity index (χ0n) is 23.3. The second-order valence-corrected chi connectivity index (χ2v) is 12.0. The Morgan fingerprint density at radius 1 is 0.256 bits per heavy atom. The SMILES string of the molecule is c1ccc2c(c1)-c1ccccc1N(c1ccc(N3c4ccccc4-c4ccccc4-c4ccccc43)s1)c1ccccc1-2. The Kier molecular flexibility index (Phi) is 5.40. The minimum absolute atomic E-state index is 1.18. The number of thiophene rings is 1. The van der Waals surface area contributed by atoms with E-state index in [0.717, 1.165) is 0 Å². The number of rotatable bonds is 2. The Morgan fingerprint density at radius 3 is 0.767 bits per heavy atom. The molecule has 3 heteroatoms. The van der Waals surface area contributed by atoms with Crippen LogP contribution in [0.15, 0.2) is 158 Å². The van der Waals surface area contributed by atoms with E-state index < -0.39 is 0 Å². The molecule has 0 unspecified atom stereocenters. The molecule has 0 bridgehead atoms. The van der Waals surface area contributed by atoms with Crippen LogP contribution in [0.25, 0.3) is 44.5 Å². The maximum absolute atomic E-state index is 2.45. The van der Waals surface area contributed by atoms with Gasteiger partial charge in [-0.3, -0.25) is 0 Å². The van der Waals surface area contributed by atoms with Gasteiger partial charge in [0.25, 0.3) is 0 Å². The third kappa shape index (κ3) is 3.65. The molecule has 0 atom stereocenters. The van der Waals surface area contributed by atoms with E-state index >= 15 is 0 Å². The van der Waals surface area contributed by atoms with Gasteiger partial charge in [-0.05, 0) is 58.7 Å². The van der Waals surface area contributed by atoms with Gasteiger partial charge in [0.2, 0.25) is 0 Å². The molecule has 7 aromatic rings. The largest absolute Gasteiger partial charge is 0.301 e. The summed E-state index contributed by atoms with van der Waals surface area (Å²) in [7, 11) is 0. The van der Waals surface area contributed by atoms with Gasteiger partial charge < -0.3 is 9.80 Å². The highest BCUT2D eigenvalue weighted by atomic mass is 32.1. The molecule has 0 saturated heterocycles. The van der Waals surface area contributed by atoms with E-state index in [1.807, 2.05) is 11.3 Å². The monoisotopic (exact) mass is 566 g/mol. The van der Waals surface area contributed by atoms with Gasteiger partial charge in [-0.15, -0.1) is 0 Å². The minimum atomic E-state index is 1.18. The summed E-state index contributed by atoms with van der Waals surface area (Å²) in [6, 6.07) is 57.3. The molecule has 0 spiro atoms. The fourth-order valence-corrected chi connectivity index (χ4v) is 7.85. The Hall–Kier alpha value is -5.38. The van der Waals surface area contributed by atoms with Crippen LogP contribution >= 0.6 is 11.3 Å². The van der Waals surface area contributed by atoms with Crippen LogP contribution in [0, 0.1) is 0 Å². The number of hydrogen-bond donors (Lipinski definition) is 0. The molecule has 0 fully saturated rings. The summed E-state index contributed by atoms with van der Waals surface area (Å²) in [5, 5.41) is 2.36. The summed E-state index contributed by atoms with van der Waals surface area (Å²) >= 11 is 1.83. The van der Waals surface area contributed by atoms with Gasteiger partial charge in [0, 0.05) is 22.3 Å². The number of fused-ring (bicyclic) bond motifs is 10. The van der Waals surface area contributed by atoms with Gasteiger partial charge >= 0.3 is 0 Å². The first kappa shape index (κ1) is 24.2. The van der Waals surface area contributed by atoms with Crippen LogP contribution in [0.5, 0.6) is 0 Å². The average molecular weight is 567 g/mol. The zero-order chi connectivity index (χ0) is 28.3. The number of benzene rings is 6. The topological polar surface area (TPSA) is 6.48 Å². The second kappa shape index (κ2) is 9.59. The molecule has 9 rings (SSSR count). The Morgan fingerprint density at radius 2 is 0.488 bits per heavy atom. The molecule has 2 aliphatic rings. The predicted octanol–water partition coefficient (Wildman–Crippen LogP) is 12.0. The maximum atomic E-state index is 2.45. The van der Waals surface area contributed by atoms with Gasteiger partial charge in [0.15, 0.2) is 0 Å². The van der Waals surface area contributed by atoms with Crippen LogP contribution in [0.2, 0.25) is 0 Å². The van der Waals surface area contributed by atoms with E-state index in [2.05, 4.69) is 168 Å². The molecule has 0 aliphatic carbocycles. The fraction of sp³-hybridized carbons (Fsp3) is 0. The number of hydrogen-bond acceptors (Lipinski definition) is 3. The summed E-state index contributed by atoms with van der Waals surface area (Å²) in [6.45, 7) is 0. The van der Waals surface area contributed by atoms with Crippen molar-refractivity contribution in [2.75, 3.05) is 9.80 Å². The Balaban J connectivity index is 1.28. The molecule has 1 aromatic heterocycles. The first-order valence-electron chi connectivity index (χ1n) is 14.6. The van der Waals surface area contributed by atoms with Gasteiger partial charge in [-0.1, -0.05) is 133 Å². The van der Waals surface area contributed by atoms with E-state index in [1.54, 1.807) is 0 Å². The summed E-state index contributed by atoms with van der Waals surface area (Å²) in [5.74, 6) is 0. The van der Waals surface area contributed by atoms with Gasteiger partial charge in [0.05, 0.1) is 22.7 Å². The molecule has 43 heavy (non-hydrogen) atoms. The van der Waals surface area contributed by atoms with Crippen molar-refractivity contribution >= 4 is 44.1 Å². The molecule has 0 radical (unpaired) electrons. The van der Waals surface area contributed by atoms with Crippen molar-refractivity contribution in [2.24, 2.45) is 0 Å². The van der Waals surface area contributed by atoms with Crippen molar-refractivity contribution in [1.82, 2.24) is 0 Å². The summed E-state index contributed by atoms with van der Waals surface area (Å²) in [5.41, 5.74) is 14.8. The van der Waals surface area contributed by atoms with Gasteiger partial charge in [-0.2, -0.15) is 0 Å². The van der Waals surface area contributed by atoms with Crippen LogP contribution in [-0.2, 0) is 0 Å². The van der Waals surface area contributed by atoms with Crippen LogP contribution in [0.1, 0.15) is 0 Å². The Bertz CT molecular complexity index is 1890. The van der Waals surface area contributed by atoms with Crippen molar-refractivity contribution in [3.8, 4) is 44.5 Å². The molecular weight excluding hydrogens is 541 g/mol. The van der Waals surface area contributed by atoms with E-state index in [-0.39, 0.29) is 0 Å². The first-order valence-corrected chi connectivity index (χ1v) is 15.4. The molecule has 6 aromatic carbocycles. The van der Waals surface area contributed by atoms with Crippen molar-refractivity contribution in [3.05, 3.63) is 158 Å². The molecule has 0 saturated carbocycles. The normalized spacial score (nSPS) is 12.6. The van der Waals surface area contributed by atoms with Crippen LogP contribution < -0.4 is 9.80 Å². The molecule has 202 valence electrons. The number of anilines is 6. The highest BCUT2D eigenvalue weighted by molar-refractivity contribution is 7.20. The quantitative estimate of drug-likeness (QED) is 0.205. The fourth-order valence-electron chi connectivity index (χ4n) is 6.78.